The van der Waals surface area contributed by atoms with Gasteiger partial charge < -0.3 is 24.8 Å². The molecule has 23 heavy (non-hydrogen) atoms. The lowest BCUT2D eigenvalue weighted by Crippen LogP contribution is -2.20. The molecule has 0 aliphatic rings. The first kappa shape index (κ1) is 16.9. The molecule has 0 unspecified atom stereocenters. The van der Waals surface area contributed by atoms with E-state index in [9.17, 15) is 4.79 Å². The van der Waals surface area contributed by atoms with Crippen molar-refractivity contribution in [3.8, 4) is 11.5 Å². The van der Waals surface area contributed by atoms with Crippen LogP contribution >= 0.6 is 11.6 Å². The lowest BCUT2D eigenvalue weighted by atomic mass is 10.2. The van der Waals surface area contributed by atoms with E-state index in [0.29, 0.717) is 27.9 Å². The molecule has 7 heteroatoms. The van der Waals surface area contributed by atoms with Gasteiger partial charge in [-0.15, -0.1) is 0 Å². The number of anilines is 2. The van der Waals surface area contributed by atoms with Gasteiger partial charge in [0.25, 0.3) is 0 Å². The molecule has 0 saturated heterocycles. The Kier molecular flexibility index (Phi) is 6.08. The number of benzene rings is 2. The molecular formula is C16H17ClN2O4. The number of carbonyl (C=O) groups is 1. The van der Waals surface area contributed by atoms with Crippen LogP contribution < -0.4 is 20.1 Å². The summed E-state index contributed by atoms with van der Waals surface area (Å²) in [5.74, 6) is 1.07. The van der Waals surface area contributed by atoms with Crippen LogP contribution in [0.25, 0.3) is 0 Å². The maximum Gasteiger partial charge on any atom is 0.323 e. The van der Waals surface area contributed by atoms with E-state index >= 15 is 0 Å². The van der Waals surface area contributed by atoms with Crippen LogP contribution in [0.4, 0.5) is 16.2 Å². The third-order valence-corrected chi connectivity index (χ3v) is 3.12. The molecule has 2 rings (SSSR count). The Morgan fingerprint density at radius 2 is 1.83 bits per heavy atom. The van der Waals surface area contributed by atoms with Crippen molar-refractivity contribution in [3.63, 3.8) is 0 Å². The fraction of sp³-hybridized carbons (Fsp3) is 0.188. The lowest BCUT2D eigenvalue weighted by molar-refractivity contribution is 0.0516. The standard InChI is InChI=1S/C16H17ClN2O4/c1-21-10-23-15-8-7-13(22-2)9-14(15)19-16(20)18-12-5-3-11(17)4-6-12/h3-9H,10H2,1-2H3,(H2,18,19,20). The smallest absolute Gasteiger partial charge is 0.323 e. The van der Waals surface area contributed by atoms with Crippen molar-refractivity contribution in [2.24, 2.45) is 0 Å². The van der Waals surface area contributed by atoms with E-state index in [2.05, 4.69) is 10.6 Å². The molecule has 0 spiro atoms. The monoisotopic (exact) mass is 336 g/mol. The number of hydrogen-bond acceptors (Lipinski definition) is 4. The number of methoxy groups -OCH3 is 2. The Morgan fingerprint density at radius 3 is 2.48 bits per heavy atom. The average molecular weight is 337 g/mol. The second-order valence-corrected chi connectivity index (χ2v) is 4.94. The van der Waals surface area contributed by atoms with E-state index in [4.69, 9.17) is 25.8 Å². The van der Waals surface area contributed by atoms with E-state index in [-0.39, 0.29) is 6.79 Å². The van der Waals surface area contributed by atoms with Gasteiger partial charge in [0.2, 0.25) is 0 Å². The summed E-state index contributed by atoms with van der Waals surface area (Å²) in [5.41, 5.74) is 1.09. The molecule has 0 aliphatic carbocycles. The van der Waals surface area contributed by atoms with Crippen LogP contribution in [0.2, 0.25) is 5.02 Å². The maximum absolute atomic E-state index is 12.1. The largest absolute Gasteiger partial charge is 0.497 e. The van der Waals surface area contributed by atoms with Crippen molar-refractivity contribution in [2.75, 3.05) is 31.6 Å². The van der Waals surface area contributed by atoms with E-state index < -0.39 is 6.03 Å². The molecule has 6 nitrogen and oxygen atoms in total. The van der Waals surface area contributed by atoms with E-state index in [1.54, 1.807) is 49.6 Å². The fourth-order valence-corrected chi connectivity index (χ4v) is 1.93. The Balaban J connectivity index is 2.10. The molecule has 0 radical (unpaired) electrons. The predicted octanol–water partition coefficient (Wildman–Crippen LogP) is 3.98. The lowest BCUT2D eigenvalue weighted by Gasteiger charge is -2.14. The van der Waals surface area contributed by atoms with Gasteiger partial charge in [-0.2, -0.15) is 0 Å². The van der Waals surface area contributed by atoms with Crippen molar-refractivity contribution in [1.82, 2.24) is 0 Å². The van der Waals surface area contributed by atoms with Crippen molar-refractivity contribution < 1.29 is 19.0 Å². The van der Waals surface area contributed by atoms with Crippen molar-refractivity contribution in [1.29, 1.82) is 0 Å². The minimum absolute atomic E-state index is 0.0693. The zero-order valence-corrected chi connectivity index (χ0v) is 13.5. The van der Waals surface area contributed by atoms with Gasteiger partial charge in [-0.3, -0.25) is 0 Å². The number of amides is 2. The highest BCUT2D eigenvalue weighted by molar-refractivity contribution is 6.30. The number of urea groups is 1. The molecule has 2 aromatic rings. The van der Waals surface area contributed by atoms with Crippen LogP contribution in [0, 0.1) is 0 Å². The van der Waals surface area contributed by atoms with Gasteiger partial charge in [0.05, 0.1) is 12.8 Å². The number of rotatable bonds is 6. The second-order valence-electron chi connectivity index (χ2n) is 4.50. The average Bonchev–Trinajstić information content (AvgIpc) is 2.55. The highest BCUT2D eigenvalue weighted by atomic mass is 35.5. The number of carbonyl (C=O) groups excluding carboxylic acids is 1. The van der Waals surface area contributed by atoms with Gasteiger partial charge >= 0.3 is 6.03 Å². The molecule has 0 bridgehead atoms. The Morgan fingerprint density at radius 1 is 1.09 bits per heavy atom. The summed E-state index contributed by atoms with van der Waals surface area (Å²) in [6.45, 7) is 0.0693. The van der Waals surface area contributed by atoms with Crippen LogP contribution in [0.5, 0.6) is 11.5 Å². The molecule has 2 N–H and O–H groups in total. The summed E-state index contributed by atoms with van der Waals surface area (Å²) in [5, 5.41) is 6.01. The third-order valence-electron chi connectivity index (χ3n) is 2.87. The summed E-state index contributed by atoms with van der Waals surface area (Å²) in [6.07, 6.45) is 0. The van der Waals surface area contributed by atoms with E-state index in [1.807, 2.05) is 0 Å². The summed E-state index contributed by atoms with van der Waals surface area (Å²) in [6, 6.07) is 11.5. The van der Waals surface area contributed by atoms with Crippen molar-refractivity contribution in [3.05, 3.63) is 47.5 Å². The predicted molar refractivity (Wildman–Crippen MR) is 89.6 cm³/mol. The van der Waals surface area contributed by atoms with Crippen molar-refractivity contribution in [2.45, 2.75) is 0 Å². The molecular weight excluding hydrogens is 320 g/mol. The summed E-state index contributed by atoms with van der Waals surface area (Å²) >= 11 is 5.81. The molecule has 2 amide bonds. The zero-order chi connectivity index (χ0) is 16.7. The van der Waals surface area contributed by atoms with Crippen LogP contribution in [0.15, 0.2) is 42.5 Å². The van der Waals surface area contributed by atoms with E-state index in [0.717, 1.165) is 0 Å². The Bertz CT molecular complexity index is 662. The zero-order valence-electron chi connectivity index (χ0n) is 12.8. The number of ether oxygens (including phenoxy) is 3. The topological polar surface area (TPSA) is 68.8 Å². The normalized spacial score (nSPS) is 10.0. The molecule has 0 heterocycles. The molecule has 2 aromatic carbocycles. The van der Waals surface area contributed by atoms with Crippen molar-refractivity contribution >= 4 is 29.0 Å². The highest BCUT2D eigenvalue weighted by Crippen LogP contribution is 2.29. The minimum Gasteiger partial charge on any atom is -0.497 e. The molecule has 0 aliphatic heterocycles. The highest BCUT2D eigenvalue weighted by Gasteiger charge is 2.10. The van der Waals surface area contributed by atoms with Gasteiger partial charge in [0.15, 0.2) is 6.79 Å². The van der Waals surface area contributed by atoms with Gasteiger partial charge in [-0.25, -0.2) is 4.79 Å². The first-order valence-electron chi connectivity index (χ1n) is 6.75. The SMILES string of the molecule is COCOc1ccc(OC)cc1NC(=O)Nc1ccc(Cl)cc1. The van der Waals surface area contributed by atoms with Crippen LogP contribution in [-0.4, -0.2) is 27.0 Å². The quantitative estimate of drug-likeness (QED) is 0.783. The summed E-state index contributed by atoms with van der Waals surface area (Å²) < 4.78 is 15.4. The first-order valence-corrected chi connectivity index (χ1v) is 7.13. The van der Waals surface area contributed by atoms with Crippen LogP contribution in [0.1, 0.15) is 0 Å². The number of halogens is 1. The van der Waals surface area contributed by atoms with Crippen LogP contribution in [-0.2, 0) is 4.74 Å². The van der Waals surface area contributed by atoms with Gasteiger partial charge in [0.1, 0.15) is 11.5 Å². The summed E-state index contributed by atoms with van der Waals surface area (Å²) in [7, 11) is 3.06. The molecule has 122 valence electrons. The Labute approximate surface area is 139 Å². The second kappa shape index (κ2) is 8.26. The first-order chi connectivity index (χ1) is 11.1. The van der Waals surface area contributed by atoms with E-state index in [1.165, 1.54) is 7.11 Å². The number of hydrogen-bond donors (Lipinski definition) is 2. The Hall–Kier alpha value is -2.44. The summed E-state index contributed by atoms with van der Waals surface area (Å²) in [4.78, 5) is 12.1. The molecule has 0 saturated carbocycles. The van der Waals surface area contributed by atoms with Gasteiger partial charge in [-0.05, 0) is 36.4 Å². The van der Waals surface area contributed by atoms with Gasteiger partial charge in [0, 0.05) is 23.9 Å². The molecule has 0 fully saturated rings. The fourth-order valence-electron chi connectivity index (χ4n) is 1.80. The minimum atomic E-state index is -0.414. The number of nitrogens with one attached hydrogen (secondary N) is 2. The van der Waals surface area contributed by atoms with Crippen LogP contribution in [0.3, 0.4) is 0 Å². The van der Waals surface area contributed by atoms with Gasteiger partial charge in [-0.1, -0.05) is 11.6 Å². The third kappa shape index (κ3) is 5.05. The molecule has 0 atom stereocenters. The molecule has 0 aromatic heterocycles. The maximum atomic E-state index is 12.1.